The van der Waals surface area contributed by atoms with Crippen molar-refractivity contribution in [1.29, 1.82) is 0 Å². The van der Waals surface area contributed by atoms with Crippen molar-refractivity contribution in [2.45, 2.75) is 42.0 Å². The van der Waals surface area contributed by atoms with Crippen LogP contribution in [0.15, 0.2) is 17.0 Å². The summed E-state index contributed by atoms with van der Waals surface area (Å²) in [5.74, 6) is -0.152. The molecule has 2 heterocycles. The van der Waals surface area contributed by atoms with Gasteiger partial charge in [-0.25, -0.2) is 9.18 Å². The minimum atomic E-state index is -0.977. The standard InChI is InChI=1S/C17H21ClFNO3S/c18-13-3-5-20(15(13)4-6-23-10-16(21)22)12-8-11-2-1-7-24-17(11)14(19)9-12/h8-9,13,15H,1-7,10H2,(H,21,22). The highest BCUT2D eigenvalue weighted by atomic mass is 35.5. The van der Waals surface area contributed by atoms with Crippen molar-refractivity contribution >= 4 is 35.0 Å². The summed E-state index contributed by atoms with van der Waals surface area (Å²) >= 11 is 8.03. The Labute approximate surface area is 150 Å². The molecular weight excluding hydrogens is 353 g/mol. The number of fused-ring (bicyclic) bond motifs is 1. The van der Waals surface area contributed by atoms with Crippen molar-refractivity contribution in [3.63, 3.8) is 0 Å². The SMILES string of the molecule is O=C(O)COCCC1C(Cl)CCN1c1cc(F)c2c(c1)CCCS2. The number of anilines is 1. The molecule has 2 atom stereocenters. The minimum absolute atomic E-state index is 0.0353. The molecular formula is C17H21ClFNO3S. The molecule has 1 aromatic rings. The first-order valence-electron chi connectivity index (χ1n) is 8.21. The average Bonchev–Trinajstić information content (AvgIpc) is 2.92. The maximum Gasteiger partial charge on any atom is 0.329 e. The Morgan fingerprint density at radius 3 is 3.12 bits per heavy atom. The van der Waals surface area contributed by atoms with Crippen LogP contribution >= 0.6 is 23.4 Å². The van der Waals surface area contributed by atoms with Gasteiger partial charge in [-0.05, 0) is 49.1 Å². The summed E-state index contributed by atoms with van der Waals surface area (Å²) in [5, 5.41) is 8.59. The monoisotopic (exact) mass is 373 g/mol. The zero-order valence-electron chi connectivity index (χ0n) is 13.3. The molecule has 1 aromatic carbocycles. The Bertz CT molecular complexity index is 616. The maximum atomic E-state index is 14.4. The van der Waals surface area contributed by atoms with Gasteiger partial charge in [0.05, 0.1) is 5.38 Å². The number of carbonyl (C=O) groups is 1. The number of nitrogens with zero attached hydrogens (tertiary/aromatic N) is 1. The predicted octanol–water partition coefficient (Wildman–Crippen LogP) is 3.54. The van der Waals surface area contributed by atoms with Crippen LogP contribution in [-0.4, -0.2) is 48.0 Å². The molecule has 2 aliphatic heterocycles. The smallest absolute Gasteiger partial charge is 0.329 e. The number of carboxylic acid groups (broad SMARTS) is 1. The molecule has 132 valence electrons. The van der Waals surface area contributed by atoms with E-state index in [2.05, 4.69) is 11.0 Å². The van der Waals surface area contributed by atoms with Crippen molar-refractivity contribution in [3.8, 4) is 0 Å². The van der Waals surface area contributed by atoms with Gasteiger partial charge in [0, 0.05) is 29.8 Å². The van der Waals surface area contributed by atoms with E-state index in [1.54, 1.807) is 17.8 Å². The van der Waals surface area contributed by atoms with Crippen LogP contribution in [0.25, 0.3) is 0 Å². The topological polar surface area (TPSA) is 49.8 Å². The summed E-state index contributed by atoms with van der Waals surface area (Å²) < 4.78 is 19.6. The molecule has 0 amide bonds. The first kappa shape index (κ1) is 17.8. The number of halogens is 2. The quantitative estimate of drug-likeness (QED) is 0.610. The van der Waals surface area contributed by atoms with Crippen LogP contribution in [-0.2, 0) is 16.0 Å². The number of hydrogen-bond acceptors (Lipinski definition) is 4. The van der Waals surface area contributed by atoms with Gasteiger partial charge in [0.25, 0.3) is 0 Å². The van der Waals surface area contributed by atoms with E-state index >= 15 is 0 Å². The highest BCUT2D eigenvalue weighted by molar-refractivity contribution is 7.99. The summed E-state index contributed by atoms with van der Waals surface area (Å²) in [5.41, 5.74) is 1.96. The zero-order chi connectivity index (χ0) is 17.1. The lowest BCUT2D eigenvalue weighted by molar-refractivity contribution is -0.142. The summed E-state index contributed by atoms with van der Waals surface area (Å²) in [7, 11) is 0. The van der Waals surface area contributed by atoms with Gasteiger partial charge in [-0.15, -0.1) is 23.4 Å². The molecule has 0 aromatic heterocycles. The molecule has 3 rings (SSSR count). The third kappa shape index (κ3) is 3.98. The summed E-state index contributed by atoms with van der Waals surface area (Å²) in [6.07, 6.45) is 3.45. The molecule has 4 nitrogen and oxygen atoms in total. The summed E-state index contributed by atoms with van der Waals surface area (Å²) in [6, 6.07) is 3.73. The molecule has 0 radical (unpaired) electrons. The largest absolute Gasteiger partial charge is 0.480 e. The van der Waals surface area contributed by atoms with Gasteiger partial charge in [0.2, 0.25) is 0 Å². The van der Waals surface area contributed by atoms with Crippen LogP contribution in [0.4, 0.5) is 10.1 Å². The van der Waals surface area contributed by atoms with E-state index < -0.39 is 5.97 Å². The molecule has 24 heavy (non-hydrogen) atoms. The molecule has 1 saturated heterocycles. The second kappa shape index (κ2) is 7.93. The fraction of sp³-hybridized carbons (Fsp3) is 0.588. The number of rotatable bonds is 6. The van der Waals surface area contributed by atoms with Gasteiger partial charge < -0.3 is 14.7 Å². The molecule has 0 saturated carbocycles. The van der Waals surface area contributed by atoms with Crippen LogP contribution in [0.3, 0.4) is 0 Å². The molecule has 0 bridgehead atoms. The predicted molar refractivity (Wildman–Crippen MR) is 93.9 cm³/mol. The Balaban J connectivity index is 1.72. The second-order valence-electron chi connectivity index (χ2n) is 6.17. The van der Waals surface area contributed by atoms with Crippen LogP contribution in [0, 0.1) is 5.82 Å². The van der Waals surface area contributed by atoms with E-state index in [0.29, 0.717) is 13.0 Å². The number of benzene rings is 1. The van der Waals surface area contributed by atoms with Gasteiger partial charge in [-0.3, -0.25) is 0 Å². The lowest BCUT2D eigenvalue weighted by atomic mass is 10.1. The van der Waals surface area contributed by atoms with E-state index in [9.17, 15) is 9.18 Å². The normalized spacial score (nSPS) is 23.3. The van der Waals surface area contributed by atoms with E-state index in [0.717, 1.165) is 47.7 Å². The number of carboxylic acids is 1. The van der Waals surface area contributed by atoms with E-state index in [4.69, 9.17) is 21.4 Å². The molecule has 0 aliphatic carbocycles. The third-order valence-electron chi connectivity index (χ3n) is 4.52. The van der Waals surface area contributed by atoms with Crippen LogP contribution in [0.1, 0.15) is 24.8 Å². The zero-order valence-corrected chi connectivity index (χ0v) is 14.9. The number of alkyl halides is 1. The second-order valence-corrected chi connectivity index (χ2v) is 7.83. The lowest BCUT2D eigenvalue weighted by Gasteiger charge is -2.29. The minimum Gasteiger partial charge on any atom is -0.480 e. The van der Waals surface area contributed by atoms with Crippen molar-refractivity contribution in [1.82, 2.24) is 0 Å². The first-order valence-corrected chi connectivity index (χ1v) is 9.64. The Morgan fingerprint density at radius 1 is 1.50 bits per heavy atom. The van der Waals surface area contributed by atoms with Gasteiger partial charge in [0.1, 0.15) is 12.4 Å². The number of hydrogen-bond donors (Lipinski definition) is 1. The van der Waals surface area contributed by atoms with Gasteiger partial charge in [0.15, 0.2) is 0 Å². The highest BCUT2D eigenvalue weighted by Crippen LogP contribution is 2.38. The molecule has 2 unspecified atom stereocenters. The van der Waals surface area contributed by atoms with Crippen molar-refractivity contribution in [2.75, 3.05) is 30.4 Å². The number of aliphatic carboxylic acids is 1. The molecule has 1 N–H and O–H groups in total. The van der Waals surface area contributed by atoms with Gasteiger partial charge in [-0.2, -0.15) is 0 Å². The highest BCUT2D eigenvalue weighted by Gasteiger charge is 2.33. The van der Waals surface area contributed by atoms with E-state index in [1.807, 2.05) is 0 Å². The molecule has 7 heteroatoms. The maximum absolute atomic E-state index is 14.4. The van der Waals surface area contributed by atoms with Crippen LogP contribution < -0.4 is 4.90 Å². The number of ether oxygens (including phenoxy) is 1. The molecule has 0 spiro atoms. The van der Waals surface area contributed by atoms with Gasteiger partial charge in [-0.1, -0.05) is 0 Å². The Hall–Kier alpha value is -0.980. The van der Waals surface area contributed by atoms with E-state index in [1.165, 1.54) is 0 Å². The van der Waals surface area contributed by atoms with Gasteiger partial charge >= 0.3 is 5.97 Å². The summed E-state index contributed by atoms with van der Waals surface area (Å²) in [4.78, 5) is 13.4. The number of aryl methyl sites for hydroxylation is 1. The Morgan fingerprint density at radius 2 is 2.33 bits per heavy atom. The lowest BCUT2D eigenvalue weighted by Crippen LogP contribution is -2.34. The summed E-state index contributed by atoms with van der Waals surface area (Å²) in [6.45, 7) is 0.813. The molecule has 2 aliphatic rings. The van der Waals surface area contributed by atoms with Crippen molar-refractivity contribution in [3.05, 3.63) is 23.5 Å². The van der Waals surface area contributed by atoms with Crippen molar-refractivity contribution < 1.29 is 19.0 Å². The number of thioether (sulfide) groups is 1. The first-order chi connectivity index (χ1) is 11.6. The fourth-order valence-corrected chi connectivity index (χ4v) is 4.82. The van der Waals surface area contributed by atoms with Crippen LogP contribution in [0.5, 0.6) is 0 Å². The van der Waals surface area contributed by atoms with Crippen molar-refractivity contribution in [2.24, 2.45) is 0 Å². The van der Waals surface area contributed by atoms with Crippen LogP contribution in [0.2, 0.25) is 0 Å². The Kier molecular flexibility index (Phi) is 5.89. The molecule has 1 fully saturated rings. The third-order valence-corrected chi connectivity index (χ3v) is 6.27. The van der Waals surface area contributed by atoms with E-state index in [-0.39, 0.29) is 23.8 Å². The average molecular weight is 374 g/mol. The fourth-order valence-electron chi connectivity index (χ4n) is 3.42.